The molecule has 0 bridgehead atoms. The van der Waals surface area contributed by atoms with E-state index < -0.39 is 5.97 Å². The van der Waals surface area contributed by atoms with E-state index in [0.717, 1.165) is 10.8 Å². The number of thioether (sulfide) groups is 1. The number of esters is 1. The molecule has 218 valence electrons. The Morgan fingerprint density at radius 3 is 2.42 bits per heavy atom. The number of nitrogens with one attached hydrogen (secondary N) is 2. The van der Waals surface area contributed by atoms with Crippen LogP contribution in [0.15, 0.2) is 96.2 Å². The number of hydrogen-bond acceptors (Lipinski definition) is 8. The predicted octanol–water partition coefficient (Wildman–Crippen LogP) is 5.27. The number of amides is 2. The lowest BCUT2D eigenvalue weighted by Crippen LogP contribution is -2.25. The van der Waals surface area contributed by atoms with Crippen LogP contribution in [0.5, 0.6) is 5.75 Å². The van der Waals surface area contributed by atoms with Gasteiger partial charge in [0.15, 0.2) is 11.0 Å². The summed E-state index contributed by atoms with van der Waals surface area (Å²) < 4.78 is 12.4. The van der Waals surface area contributed by atoms with Crippen LogP contribution in [0.4, 0.5) is 5.69 Å². The van der Waals surface area contributed by atoms with Crippen molar-refractivity contribution in [2.45, 2.75) is 18.6 Å². The predicted molar refractivity (Wildman–Crippen MR) is 165 cm³/mol. The summed E-state index contributed by atoms with van der Waals surface area (Å²) in [6, 6.07) is 27.2. The highest BCUT2D eigenvalue weighted by atomic mass is 32.2. The second-order valence-electron chi connectivity index (χ2n) is 9.25. The van der Waals surface area contributed by atoms with E-state index in [4.69, 9.17) is 9.47 Å². The molecule has 0 unspecified atom stereocenters. The van der Waals surface area contributed by atoms with Crippen molar-refractivity contribution in [3.8, 4) is 11.4 Å². The van der Waals surface area contributed by atoms with Gasteiger partial charge in [-0.05, 0) is 60.2 Å². The van der Waals surface area contributed by atoms with Gasteiger partial charge in [0.2, 0.25) is 5.91 Å². The molecule has 5 aromatic rings. The molecule has 0 fully saturated rings. The van der Waals surface area contributed by atoms with Crippen molar-refractivity contribution in [3.63, 3.8) is 0 Å². The molecular formula is C32H29N5O5S. The van der Waals surface area contributed by atoms with Crippen LogP contribution in [0.25, 0.3) is 16.5 Å². The average molecular weight is 596 g/mol. The topological polar surface area (TPSA) is 124 Å². The molecule has 1 aromatic heterocycles. The maximum absolute atomic E-state index is 13.2. The summed E-state index contributed by atoms with van der Waals surface area (Å²) in [6.07, 6.45) is 0. The summed E-state index contributed by atoms with van der Waals surface area (Å²) in [4.78, 5) is 37.9. The van der Waals surface area contributed by atoms with Crippen molar-refractivity contribution in [3.05, 3.63) is 108 Å². The Morgan fingerprint density at radius 2 is 1.63 bits per heavy atom. The van der Waals surface area contributed by atoms with E-state index in [1.165, 1.54) is 11.8 Å². The maximum atomic E-state index is 13.2. The molecule has 4 aromatic carbocycles. The van der Waals surface area contributed by atoms with Crippen LogP contribution in [-0.2, 0) is 16.1 Å². The van der Waals surface area contributed by atoms with E-state index in [1.54, 1.807) is 48.9 Å². The summed E-state index contributed by atoms with van der Waals surface area (Å²) in [5.41, 5.74) is 2.17. The highest BCUT2D eigenvalue weighted by Crippen LogP contribution is 2.29. The van der Waals surface area contributed by atoms with E-state index in [1.807, 2.05) is 60.7 Å². The monoisotopic (exact) mass is 595 g/mol. The van der Waals surface area contributed by atoms with Gasteiger partial charge in [-0.1, -0.05) is 60.3 Å². The smallest absolute Gasteiger partial charge is 0.338 e. The lowest BCUT2D eigenvalue weighted by atomic mass is 10.0. The van der Waals surface area contributed by atoms with Crippen molar-refractivity contribution < 1.29 is 23.9 Å². The van der Waals surface area contributed by atoms with Gasteiger partial charge in [-0.25, -0.2) is 4.79 Å². The number of rotatable bonds is 11. The third kappa shape index (κ3) is 6.84. The number of nitrogens with zero attached hydrogens (tertiary/aromatic N) is 3. The van der Waals surface area contributed by atoms with Crippen LogP contribution in [0.2, 0.25) is 0 Å². The zero-order valence-corrected chi connectivity index (χ0v) is 24.4. The number of carbonyl (C=O) groups excluding carboxylic acids is 3. The highest BCUT2D eigenvalue weighted by molar-refractivity contribution is 7.99. The van der Waals surface area contributed by atoms with Crippen LogP contribution in [0, 0.1) is 0 Å². The number of benzene rings is 4. The van der Waals surface area contributed by atoms with Crippen molar-refractivity contribution in [1.82, 2.24) is 20.1 Å². The van der Waals surface area contributed by atoms with Crippen LogP contribution >= 0.6 is 11.8 Å². The van der Waals surface area contributed by atoms with Crippen LogP contribution in [-0.4, -0.2) is 52.0 Å². The molecule has 11 heteroatoms. The van der Waals surface area contributed by atoms with Gasteiger partial charge in [0, 0.05) is 11.3 Å². The number of ether oxygens (including phenoxy) is 2. The summed E-state index contributed by atoms with van der Waals surface area (Å²) in [5, 5.41) is 16.7. The molecule has 0 atom stereocenters. The average Bonchev–Trinajstić information content (AvgIpc) is 3.45. The first kappa shape index (κ1) is 29.3. The fourth-order valence-electron chi connectivity index (χ4n) is 4.47. The van der Waals surface area contributed by atoms with E-state index >= 15 is 0 Å². The lowest BCUT2D eigenvalue weighted by Gasteiger charge is -2.14. The largest absolute Gasteiger partial charge is 0.495 e. The molecule has 0 saturated heterocycles. The Labute approximate surface area is 252 Å². The van der Waals surface area contributed by atoms with Crippen molar-refractivity contribution >= 4 is 46.0 Å². The molecule has 0 aliphatic rings. The molecule has 0 aliphatic heterocycles. The fraction of sp³-hybridized carbons (Fsp3) is 0.156. The van der Waals surface area contributed by atoms with Gasteiger partial charge in [0.05, 0.1) is 37.3 Å². The van der Waals surface area contributed by atoms with E-state index in [9.17, 15) is 14.4 Å². The maximum Gasteiger partial charge on any atom is 0.338 e. The third-order valence-electron chi connectivity index (χ3n) is 6.48. The molecule has 0 aliphatic carbocycles. The van der Waals surface area contributed by atoms with Crippen molar-refractivity contribution in [1.29, 1.82) is 0 Å². The van der Waals surface area contributed by atoms with Gasteiger partial charge >= 0.3 is 5.97 Å². The molecule has 0 radical (unpaired) electrons. The Bertz CT molecular complexity index is 1760. The van der Waals surface area contributed by atoms with Gasteiger partial charge in [0.1, 0.15) is 5.75 Å². The Hall–Kier alpha value is -5.16. The quantitative estimate of drug-likeness (QED) is 0.156. The Kier molecular flexibility index (Phi) is 9.33. The first-order chi connectivity index (χ1) is 21.0. The number of methoxy groups -OCH3 is 1. The molecule has 1 heterocycles. The van der Waals surface area contributed by atoms with E-state index in [2.05, 4.69) is 20.8 Å². The Morgan fingerprint density at radius 1 is 0.884 bits per heavy atom. The third-order valence-corrected chi connectivity index (χ3v) is 7.41. The van der Waals surface area contributed by atoms with Gasteiger partial charge in [-0.15, -0.1) is 10.2 Å². The van der Waals surface area contributed by atoms with Gasteiger partial charge < -0.3 is 20.1 Å². The highest BCUT2D eigenvalue weighted by Gasteiger charge is 2.20. The molecular weight excluding hydrogens is 566 g/mol. The molecule has 2 amide bonds. The number of anilines is 1. The molecule has 2 N–H and O–H groups in total. The molecule has 0 saturated carbocycles. The minimum Gasteiger partial charge on any atom is -0.495 e. The lowest BCUT2D eigenvalue weighted by molar-refractivity contribution is -0.113. The minimum absolute atomic E-state index is 0.0370. The van der Waals surface area contributed by atoms with Crippen LogP contribution in [0.1, 0.15) is 33.5 Å². The fourth-order valence-corrected chi connectivity index (χ4v) is 5.24. The van der Waals surface area contributed by atoms with Crippen LogP contribution in [0.3, 0.4) is 0 Å². The summed E-state index contributed by atoms with van der Waals surface area (Å²) >= 11 is 1.19. The van der Waals surface area contributed by atoms with Gasteiger partial charge in [0.25, 0.3) is 5.91 Å². The second-order valence-corrected chi connectivity index (χ2v) is 10.2. The second kappa shape index (κ2) is 13.7. The number of fused-ring (bicyclic) bond motifs is 1. The van der Waals surface area contributed by atoms with Crippen LogP contribution < -0.4 is 15.4 Å². The standard InChI is InChI=1S/C32H29N5O5S/c1-3-42-31(40)22-15-17-23(18-16-22)34-29(38)20-43-32-36-35-28(37(32)26-13-6-7-14-27(26)41-2)19-33-30(39)25-12-8-10-21-9-4-5-11-24(21)25/h4-18H,3,19-20H2,1-2H3,(H,33,39)(H,34,38). The summed E-state index contributed by atoms with van der Waals surface area (Å²) in [6.45, 7) is 2.11. The van der Waals surface area contributed by atoms with Gasteiger partial charge in [-0.3, -0.25) is 14.2 Å². The minimum atomic E-state index is -0.421. The van der Waals surface area contributed by atoms with E-state index in [0.29, 0.717) is 39.2 Å². The Balaban J connectivity index is 1.32. The molecule has 10 nitrogen and oxygen atoms in total. The van der Waals surface area contributed by atoms with Crippen molar-refractivity contribution in [2.24, 2.45) is 0 Å². The normalized spacial score (nSPS) is 10.7. The summed E-state index contributed by atoms with van der Waals surface area (Å²) in [7, 11) is 1.57. The first-order valence-corrected chi connectivity index (χ1v) is 14.5. The van der Waals surface area contributed by atoms with E-state index in [-0.39, 0.29) is 30.7 Å². The van der Waals surface area contributed by atoms with Crippen molar-refractivity contribution in [2.75, 3.05) is 24.8 Å². The summed E-state index contributed by atoms with van der Waals surface area (Å²) in [5.74, 6) is 0.154. The zero-order valence-electron chi connectivity index (χ0n) is 23.6. The molecule has 0 spiro atoms. The number of aromatic nitrogens is 3. The zero-order chi connectivity index (χ0) is 30.2. The molecule has 5 rings (SSSR count). The first-order valence-electron chi connectivity index (χ1n) is 13.5. The number of para-hydroxylation sites is 2. The van der Waals surface area contributed by atoms with Gasteiger partial charge in [-0.2, -0.15) is 0 Å². The number of hydrogen-bond donors (Lipinski definition) is 2. The molecule has 43 heavy (non-hydrogen) atoms. The SMILES string of the molecule is CCOC(=O)c1ccc(NC(=O)CSc2nnc(CNC(=O)c3cccc4ccccc34)n2-c2ccccc2OC)cc1. The number of carbonyl (C=O) groups is 3.